The van der Waals surface area contributed by atoms with Crippen LogP contribution >= 0.6 is 0 Å². The molecule has 1 atom stereocenters. The van der Waals surface area contributed by atoms with Crippen LogP contribution in [0.4, 0.5) is 5.69 Å². The van der Waals surface area contributed by atoms with E-state index in [2.05, 4.69) is 54.1 Å². The molecule has 0 aromatic heterocycles. The van der Waals surface area contributed by atoms with E-state index in [1.54, 1.807) is 0 Å². The van der Waals surface area contributed by atoms with Gasteiger partial charge in [0, 0.05) is 25.3 Å². The minimum atomic E-state index is 0.319. The van der Waals surface area contributed by atoms with Gasteiger partial charge in [-0.2, -0.15) is 5.26 Å². The highest BCUT2D eigenvalue weighted by atomic mass is 15.3. The Morgan fingerprint density at radius 2 is 2.12 bits per heavy atom. The number of nitrogens with zero attached hydrogens (tertiary/aromatic N) is 3. The number of nitriles is 1. The maximum absolute atomic E-state index is 8.94. The van der Waals surface area contributed by atoms with Crippen LogP contribution in [0.15, 0.2) is 24.3 Å². The molecule has 1 heterocycles. The van der Waals surface area contributed by atoms with Crippen molar-refractivity contribution in [2.75, 3.05) is 31.6 Å². The summed E-state index contributed by atoms with van der Waals surface area (Å²) in [7, 11) is 2.12. The number of anilines is 1. The molecule has 0 amide bonds. The van der Waals surface area contributed by atoms with Crippen LogP contribution in [0, 0.1) is 18.3 Å². The molecule has 17 heavy (non-hydrogen) atoms. The van der Waals surface area contributed by atoms with Gasteiger partial charge in [-0.15, -0.1) is 0 Å². The van der Waals surface area contributed by atoms with E-state index >= 15 is 0 Å². The van der Waals surface area contributed by atoms with Crippen LogP contribution in [0.25, 0.3) is 0 Å². The Hall–Kier alpha value is -1.53. The molecule has 1 aromatic rings. The molecule has 3 heteroatoms. The molecule has 3 nitrogen and oxygen atoms in total. The van der Waals surface area contributed by atoms with Gasteiger partial charge in [0.15, 0.2) is 0 Å². The molecule has 90 valence electrons. The monoisotopic (exact) mass is 229 g/mol. The molecular formula is C14H19N3. The van der Waals surface area contributed by atoms with Crippen LogP contribution in [0.1, 0.15) is 12.0 Å². The Bertz CT molecular complexity index is 422. The fourth-order valence-electron chi connectivity index (χ4n) is 2.49. The Morgan fingerprint density at radius 1 is 1.35 bits per heavy atom. The maximum Gasteiger partial charge on any atom is 0.0643 e. The molecule has 1 unspecified atom stereocenters. The third-order valence-electron chi connectivity index (χ3n) is 3.44. The maximum atomic E-state index is 8.94. The fraction of sp³-hybridized carbons (Fsp3) is 0.500. The van der Waals surface area contributed by atoms with Crippen molar-refractivity contribution in [3.8, 4) is 6.07 Å². The molecule has 1 aromatic carbocycles. The number of benzene rings is 1. The highest BCUT2D eigenvalue weighted by molar-refractivity contribution is 5.54. The molecular weight excluding hydrogens is 210 g/mol. The number of hydrogen-bond donors (Lipinski definition) is 0. The highest BCUT2D eigenvalue weighted by Gasteiger charge is 2.25. The SMILES string of the molecule is Cc1ccccc1N1CCN(C)CC1CC#N. The summed E-state index contributed by atoms with van der Waals surface area (Å²) in [6, 6.07) is 11.1. The summed E-state index contributed by atoms with van der Waals surface area (Å²) >= 11 is 0. The van der Waals surface area contributed by atoms with Crippen LogP contribution < -0.4 is 4.90 Å². The van der Waals surface area contributed by atoms with Crippen molar-refractivity contribution in [2.45, 2.75) is 19.4 Å². The van der Waals surface area contributed by atoms with Crippen LogP contribution in [-0.4, -0.2) is 37.6 Å². The zero-order valence-electron chi connectivity index (χ0n) is 10.6. The largest absolute Gasteiger partial charge is 0.365 e. The fourth-order valence-corrected chi connectivity index (χ4v) is 2.49. The minimum absolute atomic E-state index is 0.319. The average Bonchev–Trinajstić information content (AvgIpc) is 2.31. The van der Waals surface area contributed by atoms with Gasteiger partial charge in [-0.1, -0.05) is 18.2 Å². The molecule has 1 aliphatic heterocycles. The first kappa shape index (κ1) is 11.9. The molecule has 0 bridgehead atoms. The number of piperazine rings is 1. The summed E-state index contributed by atoms with van der Waals surface area (Å²) in [6.07, 6.45) is 0.596. The van der Waals surface area contributed by atoms with Crippen molar-refractivity contribution < 1.29 is 0 Å². The highest BCUT2D eigenvalue weighted by Crippen LogP contribution is 2.24. The van der Waals surface area contributed by atoms with Gasteiger partial charge in [0.25, 0.3) is 0 Å². The first-order chi connectivity index (χ1) is 8.22. The quantitative estimate of drug-likeness (QED) is 0.777. The molecule has 2 rings (SSSR count). The van der Waals surface area contributed by atoms with E-state index in [4.69, 9.17) is 5.26 Å². The second-order valence-corrected chi connectivity index (χ2v) is 4.76. The zero-order valence-corrected chi connectivity index (χ0v) is 10.6. The van der Waals surface area contributed by atoms with E-state index < -0.39 is 0 Å². The minimum Gasteiger partial charge on any atom is -0.365 e. The summed E-state index contributed by atoms with van der Waals surface area (Å²) in [4.78, 5) is 4.69. The summed E-state index contributed by atoms with van der Waals surface area (Å²) in [6.45, 7) is 5.18. The molecule has 0 spiro atoms. The number of hydrogen-bond acceptors (Lipinski definition) is 3. The van der Waals surface area contributed by atoms with Crippen LogP contribution in [0.2, 0.25) is 0 Å². The lowest BCUT2D eigenvalue weighted by Gasteiger charge is -2.41. The van der Waals surface area contributed by atoms with Gasteiger partial charge in [-0.25, -0.2) is 0 Å². The normalized spacial score (nSPS) is 21.2. The Labute approximate surface area is 103 Å². The Kier molecular flexibility index (Phi) is 3.65. The third kappa shape index (κ3) is 2.59. The van der Waals surface area contributed by atoms with E-state index in [1.807, 2.05) is 0 Å². The van der Waals surface area contributed by atoms with Gasteiger partial charge in [0.05, 0.1) is 18.5 Å². The van der Waals surface area contributed by atoms with E-state index in [-0.39, 0.29) is 0 Å². The molecule has 0 radical (unpaired) electrons. The summed E-state index contributed by atoms with van der Waals surface area (Å²) < 4.78 is 0. The Balaban J connectivity index is 2.24. The number of aryl methyl sites for hydroxylation is 1. The van der Waals surface area contributed by atoms with Gasteiger partial charge in [-0.3, -0.25) is 0 Å². The molecule has 1 aliphatic rings. The lowest BCUT2D eigenvalue weighted by Crippen LogP contribution is -2.52. The lowest BCUT2D eigenvalue weighted by molar-refractivity contribution is 0.268. The van der Waals surface area contributed by atoms with Crippen molar-refractivity contribution >= 4 is 5.69 Å². The number of likely N-dealkylation sites (N-methyl/N-ethyl adjacent to an activating group) is 1. The summed E-state index contributed by atoms with van der Waals surface area (Å²) in [5.41, 5.74) is 2.57. The third-order valence-corrected chi connectivity index (χ3v) is 3.44. The van der Waals surface area contributed by atoms with Crippen LogP contribution in [0.5, 0.6) is 0 Å². The predicted octanol–water partition coefficient (Wildman–Crippen LogP) is 2.03. The lowest BCUT2D eigenvalue weighted by atomic mass is 10.1. The van der Waals surface area contributed by atoms with E-state index in [0.29, 0.717) is 12.5 Å². The summed E-state index contributed by atoms with van der Waals surface area (Å²) in [5.74, 6) is 0. The molecule has 0 N–H and O–H groups in total. The number of rotatable bonds is 2. The van der Waals surface area contributed by atoms with Crippen molar-refractivity contribution in [1.82, 2.24) is 4.90 Å². The van der Waals surface area contributed by atoms with E-state index in [0.717, 1.165) is 19.6 Å². The van der Waals surface area contributed by atoms with Gasteiger partial charge in [0.1, 0.15) is 0 Å². The van der Waals surface area contributed by atoms with E-state index in [1.165, 1.54) is 11.3 Å². The predicted molar refractivity (Wildman–Crippen MR) is 70.0 cm³/mol. The van der Waals surface area contributed by atoms with Crippen LogP contribution in [0.3, 0.4) is 0 Å². The zero-order chi connectivity index (χ0) is 12.3. The number of para-hydroxylation sites is 1. The second kappa shape index (κ2) is 5.20. The van der Waals surface area contributed by atoms with Crippen molar-refractivity contribution in [3.05, 3.63) is 29.8 Å². The van der Waals surface area contributed by atoms with Gasteiger partial charge < -0.3 is 9.80 Å². The van der Waals surface area contributed by atoms with Crippen molar-refractivity contribution in [3.63, 3.8) is 0 Å². The van der Waals surface area contributed by atoms with Crippen LogP contribution in [-0.2, 0) is 0 Å². The summed E-state index contributed by atoms with van der Waals surface area (Å²) in [5, 5.41) is 8.94. The van der Waals surface area contributed by atoms with Gasteiger partial charge in [-0.05, 0) is 25.6 Å². The van der Waals surface area contributed by atoms with Gasteiger partial charge >= 0.3 is 0 Å². The first-order valence-electron chi connectivity index (χ1n) is 6.10. The average molecular weight is 229 g/mol. The van der Waals surface area contributed by atoms with Crippen molar-refractivity contribution in [2.24, 2.45) is 0 Å². The van der Waals surface area contributed by atoms with Crippen molar-refractivity contribution in [1.29, 1.82) is 5.26 Å². The van der Waals surface area contributed by atoms with Gasteiger partial charge in [0.2, 0.25) is 0 Å². The molecule has 0 saturated carbocycles. The first-order valence-corrected chi connectivity index (χ1v) is 6.10. The topological polar surface area (TPSA) is 30.3 Å². The smallest absolute Gasteiger partial charge is 0.0643 e. The molecule has 0 aliphatic carbocycles. The Morgan fingerprint density at radius 3 is 2.82 bits per heavy atom. The molecule has 1 fully saturated rings. The van der Waals surface area contributed by atoms with E-state index in [9.17, 15) is 0 Å². The molecule has 1 saturated heterocycles. The standard InChI is InChI=1S/C14H19N3/c1-12-5-3-4-6-14(12)17-10-9-16(2)11-13(17)7-8-15/h3-6,13H,7,9-11H2,1-2H3. The second-order valence-electron chi connectivity index (χ2n) is 4.76.